The normalized spacial score (nSPS) is 45.0. The molecule has 1 nitrogen and oxygen atoms in total. The molecule has 7 heteroatoms. The Balaban J connectivity index is 1.84. The third-order valence-corrected chi connectivity index (χ3v) is 7.51. The van der Waals surface area contributed by atoms with Gasteiger partial charge in [0.25, 0.3) is 0 Å². The van der Waals surface area contributed by atoms with Gasteiger partial charge in [-0.3, -0.25) is 0 Å². The molecule has 0 amide bonds. The first-order valence-corrected chi connectivity index (χ1v) is 9.04. The first-order valence-electron chi connectivity index (χ1n) is 8.17. The topological polar surface area (TPSA) is 12.5 Å². The van der Waals surface area contributed by atoms with Crippen LogP contribution in [0.2, 0.25) is 0 Å². The number of hydrogen-bond acceptors (Lipinski definition) is 1. The van der Waals surface area contributed by atoms with Crippen molar-refractivity contribution in [3.8, 4) is 0 Å². The zero-order chi connectivity index (χ0) is 18.0. The van der Waals surface area contributed by atoms with Crippen LogP contribution in [0.1, 0.15) is 36.8 Å². The molecular weight excluding hydrogens is 379 g/mol. The molecule has 25 heavy (non-hydrogen) atoms. The summed E-state index contributed by atoms with van der Waals surface area (Å²) in [6.07, 6.45) is 3.47. The van der Waals surface area contributed by atoms with E-state index >= 15 is 0 Å². The van der Waals surface area contributed by atoms with Gasteiger partial charge in [-0.2, -0.15) is 0 Å². The maximum atomic E-state index is 14.7. The summed E-state index contributed by atoms with van der Waals surface area (Å²) in [6.45, 7) is 3.64. The van der Waals surface area contributed by atoms with Crippen LogP contribution < -0.4 is 0 Å². The number of ether oxygens (including phenoxy) is 1. The van der Waals surface area contributed by atoms with Gasteiger partial charge >= 0.3 is 0 Å². The molecule has 0 radical (unpaired) electrons. The molecule has 1 aliphatic heterocycles. The molecular formula is C18H14Cl2F4O. The van der Waals surface area contributed by atoms with E-state index in [9.17, 15) is 17.6 Å². The lowest BCUT2D eigenvalue weighted by Gasteiger charge is -2.38. The summed E-state index contributed by atoms with van der Waals surface area (Å²) in [6, 6.07) is 0. The molecule has 134 valence electrons. The van der Waals surface area contributed by atoms with Crippen LogP contribution in [0.4, 0.5) is 17.6 Å². The largest absolute Gasteiger partial charge is 0.362 e. The van der Waals surface area contributed by atoms with Crippen LogP contribution in [-0.2, 0) is 4.74 Å². The van der Waals surface area contributed by atoms with Gasteiger partial charge in [0.1, 0.15) is 5.60 Å². The van der Waals surface area contributed by atoms with Gasteiger partial charge in [-0.15, -0.1) is 23.2 Å². The minimum atomic E-state index is -1.78. The summed E-state index contributed by atoms with van der Waals surface area (Å²) < 4.78 is 63.2. The molecule has 1 saturated heterocycles. The Bertz CT molecular complexity index is 795. The monoisotopic (exact) mass is 392 g/mol. The highest BCUT2D eigenvalue weighted by Gasteiger charge is 2.83. The summed E-state index contributed by atoms with van der Waals surface area (Å²) in [4.78, 5) is 0. The van der Waals surface area contributed by atoms with Crippen molar-refractivity contribution in [2.75, 3.05) is 0 Å². The Morgan fingerprint density at radius 1 is 0.800 bits per heavy atom. The molecule has 1 aromatic carbocycles. The molecule has 1 spiro atoms. The Hall–Kier alpha value is -0.780. The smallest absolute Gasteiger partial charge is 0.197 e. The van der Waals surface area contributed by atoms with E-state index < -0.39 is 57.1 Å². The van der Waals surface area contributed by atoms with Crippen LogP contribution in [0.3, 0.4) is 0 Å². The number of halogens is 6. The van der Waals surface area contributed by atoms with E-state index in [1.54, 1.807) is 12.2 Å². The SMILES string of the molecule is CC1(C)OC12[C@H]1c3c(F)c(F)c(F)c(F)c3[C@H]2[C@H]2[C@@H]1[C@@H](Cl)C=C[C@H]2Cl. The highest BCUT2D eigenvalue weighted by molar-refractivity contribution is 6.24. The molecule has 3 aliphatic carbocycles. The summed E-state index contributed by atoms with van der Waals surface area (Å²) >= 11 is 12.9. The zero-order valence-corrected chi connectivity index (χ0v) is 14.8. The second kappa shape index (κ2) is 4.55. The second-order valence-corrected chi connectivity index (χ2v) is 8.88. The lowest BCUT2D eigenvalue weighted by atomic mass is 9.70. The van der Waals surface area contributed by atoms with Crippen LogP contribution in [0, 0.1) is 35.1 Å². The predicted octanol–water partition coefficient (Wildman–Crippen LogP) is 5.00. The Labute approximate surface area is 151 Å². The summed E-state index contributed by atoms with van der Waals surface area (Å²) in [5.74, 6) is -8.22. The molecule has 1 aromatic rings. The number of allylic oxidation sites excluding steroid dienone is 2. The fourth-order valence-corrected chi connectivity index (χ4v) is 6.63. The molecule has 1 saturated carbocycles. The number of hydrogen-bond donors (Lipinski definition) is 0. The molecule has 0 aromatic heterocycles. The summed E-state index contributed by atoms with van der Waals surface area (Å²) in [5.41, 5.74) is -1.87. The molecule has 2 fully saturated rings. The molecule has 7 atom stereocenters. The summed E-state index contributed by atoms with van der Waals surface area (Å²) in [7, 11) is 0. The Morgan fingerprint density at radius 2 is 1.16 bits per heavy atom. The first-order chi connectivity index (χ1) is 11.6. The van der Waals surface area contributed by atoms with E-state index in [0.717, 1.165) is 0 Å². The molecule has 1 unspecified atom stereocenters. The Morgan fingerprint density at radius 3 is 1.48 bits per heavy atom. The van der Waals surface area contributed by atoms with Crippen molar-refractivity contribution in [3.05, 3.63) is 46.5 Å². The summed E-state index contributed by atoms with van der Waals surface area (Å²) in [5, 5.41) is -0.925. The van der Waals surface area contributed by atoms with Crippen molar-refractivity contribution in [2.45, 2.75) is 47.6 Å². The number of fused-ring (bicyclic) bond motifs is 6. The van der Waals surface area contributed by atoms with E-state index in [0.29, 0.717) is 0 Å². The first kappa shape index (κ1) is 16.4. The van der Waals surface area contributed by atoms with Crippen molar-refractivity contribution in [1.29, 1.82) is 0 Å². The van der Waals surface area contributed by atoms with Gasteiger partial charge in [-0.1, -0.05) is 12.2 Å². The van der Waals surface area contributed by atoms with Crippen LogP contribution in [0.5, 0.6) is 0 Å². The van der Waals surface area contributed by atoms with Crippen molar-refractivity contribution < 1.29 is 22.3 Å². The highest BCUT2D eigenvalue weighted by Crippen LogP contribution is 2.79. The van der Waals surface area contributed by atoms with Crippen LogP contribution in [0.25, 0.3) is 0 Å². The fraction of sp³-hybridized carbons (Fsp3) is 0.556. The van der Waals surface area contributed by atoms with Crippen molar-refractivity contribution >= 4 is 23.2 Å². The van der Waals surface area contributed by atoms with Crippen molar-refractivity contribution in [2.24, 2.45) is 11.8 Å². The zero-order valence-electron chi connectivity index (χ0n) is 13.3. The van der Waals surface area contributed by atoms with Crippen LogP contribution in [-0.4, -0.2) is 22.0 Å². The van der Waals surface area contributed by atoms with Crippen LogP contribution in [0.15, 0.2) is 12.2 Å². The fourth-order valence-electron chi connectivity index (χ4n) is 5.83. The van der Waals surface area contributed by atoms with E-state index in [4.69, 9.17) is 27.9 Å². The quantitative estimate of drug-likeness (QED) is 0.151. The third-order valence-electron chi connectivity index (χ3n) is 6.64. The minimum Gasteiger partial charge on any atom is -0.362 e. The molecule has 2 bridgehead atoms. The van der Waals surface area contributed by atoms with Gasteiger partial charge in [-0.05, 0) is 25.7 Å². The number of rotatable bonds is 0. The van der Waals surface area contributed by atoms with E-state index in [2.05, 4.69) is 0 Å². The van der Waals surface area contributed by atoms with E-state index in [-0.39, 0.29) is 23.0 Å². The average Bonchev–Trinajstić information content (AvgIpc) is 2.86. The molecule has 4 aliphatic rings. The third kappa shape index (κ3) is 1.58. The molecule has 0 N–H and O–H groups in total. The second-order valence-electron chi connectivity index (χ2n) is 7.87. The van der Waals surface area contributed by atoms with Gasteiger partial charge in [0.15, 0.2) is 23.3 Å². The van der Waals surface area contributed by atoms with Gasteiger partial charge in [0.05, 0.1) is 16.4 Å². The van der Waals surface area contributed by atoms with E-state index in [1.807, 2.05) is 13.8 Å². The highest BCUT2D eigenvalue weighted by atomic mass is 35.5. The van der Waals surface area contributed by atoms with Gasteiger partial charge in [0, 0.05) is 23.0 Å². The van der Waals surface area contributed by atoms with Crippen molar-refractivity contribution in [1.82, 2.24) is 0 Å². The lowest BCUT2D eigenvalue weighted by molar-refractivity contribution is 0.251. The molecule has 1 heterocycles. The van der Waals surface area contributed by atoms with Crippen LogP contribution >= 0.6 is 23.2 Å². The van der Waals surface area contributed by atoms with Crippen molar-refractivity contribution in [3.63, 3.8) is 0 Å². The molecule has 5 rings (SSSR count). The maximum Gasteiger partial charge on any atom is 0.197 e. The Kier molecular flexibility index (Phi) is 2.98. The standard InChI is InChI=1S/C18H14Cl2F4O/c1-17(2)18(25-17)11-7-5(19)3-4-6(20)8(7)12(18)10-9(11)13(21)15(23)16(24)14(10)22/h3-8,11-12H,1-2H3/t5-,6+,7-,8+,11-,12-,18?/m1/s1. The van der Waals surface area contributed by atoms with Gasteiger partial charge in [-0.25, -0.2) is 17.6 Å². The average molecular weight is 393 g/mol. The van der Waals surface area contributed by atoms with E-state index in [1.165, 1.54) is 0 Å². The number of benzene rings is 1. The predicted molar refractivity (Wildman–Crippen MR) is 85.1 cm³/mol. The van der Waals surface area contributed by atoms with Gasteiger partial charge < -0.3 is 4.74 Å². The van der Waals surface area contributed by atoms with Gasteiger partial charge in [0.2, 0.25) is 0 Å². The maximum absolute atomic E-state index is 14.7. The number of alkyl halides is 2. The minimum absolute atomic E-state index is 0.127. The lowest BCUT2D eigenvalue weighted by Crippen LogP contribution is -2.37. The number of epoxide rings is 1.